The maximum Gasteiger partial charge on any atom is -0.0313 e. The van der Waals surface area contributed by atoms with E-state index in [-0.39, 0.29) is 0 Å². The third-order valence-electron chi connectivity index (χ3n) is 2.11. The van der Waals surface area contributed by atoms with Crippen molar-refractivity contribution in [2.75, 3.05) is 0 Å². The van der Waals surface area contributed by atoms with Crippen molar-refractivity contribution in [3.05, 3.63) is 36.5 Å². The van der Waals surface area contributed by atoms with Crippen molar-refractivity contribution in [1.82, 2.24) is 0 Å². The highest BCUT2D eigenvalue weighted by Crippen LogP contribution is 2.02. The van der Waals surface area contributed by atoms with Crippen LogP contribution in [-0.2, 0) is 0 Å². The van der Waals surface area contributed by atoms with Crippen molar-refractivity contribution >= 4 is 0 Å². The fourth-order valence-corrected chi connectivity index (χ4v) is 1.19. The van der Waals surface area contributed by atoms with Gasteiger partial charge in [0, 0.05) is 0 Å². The molecule has 0 aliphatic carbocycles. The van der Waals surface area contributed by atoms with Gasteiger partial charge in [0.15, 0.2) is 0 Å². The molecule has 0 amide bonds. The van der Waals surface area contributed by atoms with Gasteiger partial charge in [0.1, 0.15) is 0 Å². The zero-order valence-electron chi connectivity index (χ0n) is 10.6. The molecule has 0 aliphatic heterocycles. The molecule has 86 valence electrons. The van der Waals surface area contributed by atoms with E-state index in [0.29, 0.717) is 0 Å². The van der Waals surface area contributed by atoms with Gasteiger partial charge in [-0.3, -0.25) is 0 Å². The summed E-state index contributed by atoms with van der Waals surface area (Å²) >= 11 is 0. The molecule has 0 fully saturated rings. The summed E-state index contributed by atoms with van der Waals surface area (Å²) in [4.78, 5) is 0. The highest BCUT2D eigenvalue weighted by atomic mass is 13.9. The molecule has 0 N–H and O–H groups in total. The summed E-state index contributed by atoms with van der Waals surface area (Å²) in [5.41, 5.74) is 0. The molecule has 0 radical (unpaired) electrons. The first-order valence-electron chi connectivity index (χ1n) is 6.24. The molecule has 0 nitrogen and oxygen atoms in total. The fourth-order valence-electron chi connectivity index (χ4n) is 1.19. The van der Waals surface area contributed by atoms with Crippen LogP contribution in [-0.4, -0.2) is 0 Å². The maximum atomic E-state index is 2.30. The second-order valence-electron chi connectivity index (χ2n) is 4.32. The van der Waals surface area contributed by atoms with E-state index in [9.17, 15) is 0 Å². The van der Waals surface area contributed by atoms with Gasteiger partial charge in [0.2, 0.25) is 0 Å². The van der Waals surface area contributed by atoms with Crippen LogP contribution in [0.2, 0.25) is 0 Å². The monoisotopic (exact) mass is 206 g/mol. The Bertz CT molecular complexity index is 194. The van der Waals surface area contributed by atoms with Crippen LogP contribution in [0.15, 0.2) is 36.5 Å². The molecular weight excluding hydrogens is 180 g/mol. The Morgan fingerprint density at radius 2 is 1.40 bits per heavy atom. The van der Waals surface area contributed by atoms with Crippen molar-refractivity contribution in [3.63, 3.8) is 0 Å². The van der Waals surface area contributed by atoms with Crippen LogP contribution in [0.3, 0.4) is 0 Å². The van der Waals surface area contributed by atoms with Gasteiger partial charge in [-0.15, -0.1) is 0 Å². The minimum atomic E-state index is 0.786. The van der Waals surface area contributed by atoms with Crippen LogP contribution >= 0.6 is 0 Å². The Kier molecular flexibility index (Phi) is 10.7. The molecule has 0 saturated carbocycles. The van der Waals surface area contributed by atoms with Crippen molar-refractivity contribution in [2.45, 2.75) is 52.9 Å². The standard InChI is InChI=1S/C15H26/c1-4-5-6-7-8-9-10-11-12-13-14-15(2)3/h6-9,12-13,15H,4-5,10-11,14H2,1-3H3. The van der Waals surface area contributed by atoms with Gasteiger partial charge in [0.25, 0.3) is 0 Å². The second kappa shape index (κ2) is 11.3. The number of unbranched alkanes of at least 4 members (excludes halogenated alkanes) is 2. The molecule has 0 rings (SSSR count). The molecule has 15 heavy (non-hydrogen) atoms. The number of hydrogen-bond acceptors (Lipinski definition) is 0. The van der Waals surface area contributed by atoms with Crippen molar-refractivity contribution in [3.8, 4) is 0 Å². The third-order valence-corrected chi connectivity index (χ3v) is 2.11. The Balaban J connectivity index is 3.33. The fraction of sp³-hybridized carbons (Fsp3) is 0.600. The molecule has 0 saturated heterocycles. The third kappa shape index (κ3) is 13.2. The predicted molar refractivity (Wildman–Crippen MR) is 71.0 cm³/mol. The van der Waals surface area contributed by atoms with E-state index >= 15 is 0 Å². The second-order valence-corrected chi connectivity index (χ2v) is 4.32. The Morgan fingerprint density at radius 1 is 0.800 bits per heavy atom. The molecular formula is C15H26. The molecule has 0 heteroatoms. The summed E-state index contributed by atoms with van der Waals surface area (Å²) in [5, 5.41) is 0. The van der Waals surface area contributed by atoms with Crippen LogP contribution in [0, 0.1) is 5.92 Å². The van der Waals surface area contributed by atoms with Crippen LogP contribution in [0.4, 0.5) is 0 Å². The summed E-state index contributed by atoms with van der Waals surface area (Å²) in [6, 6.07) is 0. The Morgan fingerprint density at radius 3 is 2.00 bits per heavy atom. The molecule has 0 spiro atoms. The van der Waals surface area contributed by atoms with Gasteiger partial charge in [-0.25, -0.2) is 0 Å². The predicted octanol–water partition coefficient (Wildman–Crippen LogP) is 5.28. The van der Waals surface area contributed by atoms with Crippen LogP contribution in [0.1, 0.15) is 52.9 Å². The lowest BCUT2D eigenvalue weighted by molar-refractivity contribution is 0.662. The summed E-state index contributed by atoms with van der Waals surface area (Å²) in [5.74, 6) is 0.786. The average Bonchev–Trinajstić information content (AvgIpc) is 2.20. The normalized spacial score (nSPS) is 12.8. The molecule has 0 bridgehead atoms. The van der Waals surface area contributed by atoms with Crippen LogP contribution in [0.5, 0.6) is 0 Å². The van der Waals surface area contributed by atoms with E-state index in [0.717, 1.165) is 12.3 Å². The van der Waals surface area contributed by atoms with Crippen LogP contribution in [0.25, 0.3) is 0 Å². The van der Waals surface area contributed by atoms with Gasteiger partial charge in [-0.05, 0) is 31.6 Å². The SMILES string of the molecule is CCCC=CC=CCCC=CCC(C)C. The highest BCUT2D eigenvalue weighted by Gasteiger charge is 1.85. The number of hydrogen-bond donors (Lipinski definition) is 0. The molecule has 0 unspecified atom stereocenters. The molecule has 0 aliphatic rings. The van der Waals surface area contributed by atoms with E-state index in [4.69, 9.17) is 0 Å². The van der Waals surface area contributed by atoms with E-state index in [1.165, 1.54) is 25.7 Å². The first-order valence-corrected chi connectivity index (χ1v) is 6.24. The summed E-state index contributed by atoms with van der Waals surface area (Å²) < 4.78 is 0. The summed E-state index contributed by atoms with van der Waals surface area (Å²) in [6.07, 6.45) is 19.3. The molecule has 0 heterocycles. The van der Waals surface area contributed by atoms with E-state index < -0.39 is 0 Å². The van der Waals surface area contributed by atoms with E-state index in [1.54, 1.807) is 0 Å². The largest absolute Gasteiger partial charge is 0.0883 e. The van der Waals surface area contributed by atoms with Gasteiger partial charge in [0.05, 0.1) is 0 Å². The summed E-state index contributed by atoms with van der Waals surface area (Å²) in [7, 11) is 0. The zero-order valence-corrected chi connectivity index (χ0v) is 10.6. The molecule has 0 aromatic heterocycles. The lowest BCUT2D eigenvalue weighted by Crippen LogP contribution is -1.80. The topological polar surface area (TPSA) is 0 Å². The van der Waals surface area contributed by atoms with Crippen LogP contribution < -0.4 is 0 Å². The first kappa shape index (κ1) is 14.2. The molecule has 0 aromatic carbocycles. The molecule has 0 aromatic rings. The van der Waals surface area contributed by atoms with Gasteiger partial charge in [-0.2, -0.15) is 0 Å². The lowest BCUT2D eigenvalue weighted by Gasteiger charge is -1.95. The van der Waals surface area contributed by atoms with E-state index in [2.05, 4.69) is 57.2 Å². The smallest absolute Gasteiger partial charge is 0.0313 e. The minimum absolute atomic E-state index is 0.786. The highest BCUT2D eigenvalue weighted by molar-refractivity contribution is 5.02. The Labute approximate surface area is 95.8 Å². The molecule has 0 atom stereocenters. The number of rotatable bonds is 8. The lowest BCUT2D eigenvalue weighted by atomic mass is 10.1. The average molecular weight is 206 g/mol. The number of allylic oxidation sites excluding steroid dienone is 6. The maximum absolute atomic E-state index is 2.30. The first-order chi connectivity index (χ1) is 7.27. The van der Waals surface area contributed by atoms with Gasteiger partial charge < -0.3 is 0 Å². The van der Waals surface area contributed by atoms with Crippen molar-refractivity contribution < 1.29 is 0 Å². The minimum Gasteiger partial charge on any atom is -0.0883 e. The van der Waals surface area contributed by atoms with Gasteiger partial charge in [-0.1, -0.05) is 63.6 Å². The quantitative estimate of drug-likeness (QED) is 0.288. The van der Waals surface area contributed by atoms with Crippen molar-refractivity contribution in [1.29, 1.82) is 0 Å². The summed E-state index contributed by atoms with van der Waals surface area (Å²) in [6.45, 7) is 6.71. The Hall–Kier alpha value is -0.780. The van der Waals surface area contributed by atoms with Crippen molar-refractivity contribution in [2.24, 2.45) is 5.92 Å². The van der Waals surface area contributed by atoms with E-state index in [1.807, 2.05) is 0 Å². The zero-order chi connectivity index (χ0) is 11.4. The van der Waals surface area contributed by atoms with Gasteiger partial charge >= 0.3 is 0 Å².